The van der Waals surface area contributed by atoms with Gasteiger partial charge in [-0.2, -0.15) is 10.1 Å². The Morgan fingerprint density at radius 2 is 2.28 bits per heavy atom. The number of nitrogens with zero attached hydrogens (tertiary/aromatic N) is 2. The van der Waals surface area contributed by atoms with E-state index in [4.69, 9.17) is 16.3 Å². The molecule has 0 bridgehead atoms. The molecule has 0 spiro atoms. The van der Waals surface area contributed by atoms with E-state index in [0.717, 1.165) is 0 Å². The van der Waals surface area contributed by atoms with Crippen LogP contribution in [0, 0.1) is 0 Å². The Bertz CT molecular complexity index is 530. The monoisotopic (exact) mass is 266 g/mol. The van der Waals surface area contributed by atoms with Crippen molar-refractivity contribution in [2.45, 2.75) is 13.0 Å². The molecule has 94 valence electrons. The standard InChI is InChI=1S/C11H11ClN4O2/c1-7(10(17)15-11-13-6-14-16-11)18-9-5-3-2-4-8(9)12/h2-7H,1H3,(H2,13,14,15,16,17). The number of anilines is 1. The van der Waals surface area contributed by atoms with E-state index in [1.807, 2.05) is 0 Å². The van der Waals surface area contributed by atoms with Crippen molar-refractivity contribution in [1.29, 1.82) is 0 Å². The topological polar surface area (TPSA) is 79.9 Å². The zero-order chi connectivity index (χ0) is 13.0. The number of hydrogen-bond acceptors (Lipinski definition) is 4. The maximum absolute atomic E-state index is 11.8. The molecule has 1 aromatic carbocycles. The van der Waals surface area contributed by atoms with Crippen LogP contribution in [0.2, 0.25) is 5.02 Å². The summed E-state index contributed by atoms with van der Waals surface area (Å²) in [5, 5.41) is 9.12. The number of amides is 1. The molecule has 7 heteroatoms. The molecule has 0 fully saturated rings. The molecule has 0 aliphatic heterocycles. The van der Waals surface area contributed by atoms with Crippen molar-refractivity contribution < 1.29 is 9.53 Å². The second-order valence-electron chi connectivity index (χ2n) is 3.51. The minimum atomic E-state index is -0.699. The summed E-state index contributed by atoms with van der Waals surface area (Å²) in [5.74, 6) is 0.390. The van der Waals surface area contributed by atoms with Crippen molar-refractivity contribution in [3.8, 4) is 5.75 Å². The Labute approximate surface area is 108 Å². The fourth-order valence-electron chi connectivity index (χ4n) is 1.27. The number of halogens is 1. The van der Waals surface area contributed by atoms with Gasteiger partial charge in [0.05, 0.1) is 5.02 Å². The van der Waals surface area contributed by atoms with Gasteiger partial charge in [-0.3, -0.25) is 10.1 Å². The summed E-state index contributed by atoms with van der Waals surface area (Å²) in [7, 11) is 0. The molecule has 0 radical (unpaired) electrons. The Morgan fingerprint density at radius 3 is 2.94 bits per heavy atom. The van der Waals surface area contributed by atoms with Gasteiger partial charge in [0.25, 0.3) is 5.91 Å². The van der Waals surface area contributed by atoms with Crippen molar-refractivity contribution in [2.24, 2.45) is 0 Å². The molecule has 18 heavy (non-hydrogen) atoms. The normalized spacial score (nSPS) is 11.9. The fourth-order valence-corrected chi connectivity index (χ4v) is 1.45. The van der Waals surface area contributed by atoms with E-state index in [1.54, 1.807) is 31.2 Å². The molecule has 1 atom stereocenters. The van der Waals surface area contributed by atoms with Gasteiger partial charge in [-0.1, -0.05) is 23.7 Å². The molecule has 0 aliphatic carbocycles. The molecule has 2 N–H and O–H groups in total. The molecule has 1 heterocycles. The number of aromatic amines is 1. The summed E-state index contributed by atoms with van der Waals surface area (Å²) < 4.78 is 5.45. The number of aromatic nitrogens is 3. The smallest absolute Gasteiger partial charge is 0.267 e. The van der Waals surface area contributed by atoms with Crippen molar-refractivity contribution in [1.82, 2.24) is 15.2 Å². The molecular formula is C11H11ClN4O2. The summed E-state index contributed by atoms with van der Waals surface area (Å²) >= 11 is 5.93. The van der Waals surface area contributed by atoms with E-state index in [1.165, 1.54) is 6.33 Å². The molecule has 2 aromatic rings. The number of para-hydroxylation sites is 1. The van der Waals surface area contributed by atoms with Gasteiger partial charge in [-0.05, 0) is 19.1 Å². The highest BCUT2D eigenvalue weighted by molar-refractivity contribution is 6.32. The number of benzene rings is 1. The van der Waals surface area contributed by atoms with Crippen molar-refractivity contribution in [3.05, 3.63) is 35.6 Å². The Hall–Kier alpha value is -2.08. The fraction of sp³-hybridized carbons (Fsp3) is 0.182. The number of hydrogen-bond donors (Lipinski definition) is 2. The average Bonchev–Trinajstić information content (AvgIpc) is 2.84. The van der Waals surface area contributed by atoms with E-state index < -0.39 is 6.10 Å². The summed E-state index contributed by atoms with van der Waals surface area (Å²) in [5.41, 5.74) is 0. The maximum atomic E-state index is 11.8. The van der Waals surface area contributed by atoms with Crippen LogP contribution in [0.3, 0.4) is 0 Å². The first-order chi connectivity index (χ1) is 8.66. The highest BCUT2D eigenvalue weighted by atomic mass is 35.5. The number of carbonyl (C=O) groups excluding carboxylic acids is 1. The minimum absolute atomic E-state index is 0.273. The highest BCUT2D eigenvalue weighted by Gasteiger charge is 2.16. The van der Waals surface area contributed by atoms with Gasteiger partial charge in [0.2, 0.25) is 5.95 Å². The third-order valence-electron chi connectivity index (χ3n) is 2.17. The molecule has 1 amide bonds. The number of ether oxygens (including phenoxy) is 1. The van der Waals surface area contributed by atoms with Gasteiger partial charge < -0.3 is 4.74 Å². The van der Waals surface area contributed by atoms with Crippen LogP contribution < -0.4 is 10.1 Å². The van der Waals surface area contributed by atoms with Crippen LogP contribution in [0.5, 0.6) is 5.75 Å². The SMILES string of the molecule is CC(Oc1ccccc1Cl)C(=O)Nc1ncn[nH]1. The lowest BCUT2D eigenvalue weighted by Crippen LogP contribution is -2.30. The van der Waals surface area contributed by atoms with Gasteiger partial charge in [0, 0.05) is 0 Å². The predicted molar refractivity (Wildman–Crippen MR) is 66.6 cm³/mol. The molecule has 2 rings (SSSR count). The van der Waals surface area contributed by atoms with Crippen molar-refractivity contribution in [2.75, 3.05) is 5.32 Å². The molecule has 0 saturated heterocycles. The predicted octanol–water partition coefficient (Wildman–Crippen LogP) is 1.86. The lowest BCUT2D eigenvalue weighted by atomic mass is 10.3. The van der Waals surface area contributed by atoms with E-state index >= 15 is 0 Å². The van der Waals surface area contributed by atoms with Gasteiger partial charge in [0.15, 0.2) is 6.10 Å². The zero-order valence-corrected chi connectivity index (χ0v) is 10.3. The van der Waals surface area contributed by atoms with Crippen LogP contribution >= 0.6 is 11.6 Å². The van der Waals surface area contributed by atoms with Crippen LogP contribution in [0.4, 0.5) is 5.95 Å². The number of H-pyrrole nitrogens is 1. The van der Waals surface area contributed by atoms with Gasteiger partial charge >= 0.3 is 0 Å². The Morgan fingerprint density at radius 1 is 1.50 bits per heavy atom. The summed E-state index contributed by atoms with van der Waals surface area (Å²) in [6.45, 7) is 1.62. The lowest BCUT2D eigenvalue weighted by Gasteiger charge is -2.14. The average molecular weight is 267 g/mol. The second kappa shape index (κ2) is 5.50. The first-order valence-corrected chi connectivity index (χ1v) is 5.62. The van der Waals surface area contributed by atoms with Crippen LogP contribution in [-0.2, 0) is 4.79 Å². The van der Waals surface area contributed by atoms with Crippen LogP contribution in [0.15, 0.2) is 30.6 Å². The number of nitrogens with one attached hydrogen (secondary N) is 2. The van der Waals surface area contributed by atoms with Crippen LogP contribution in [0.25, 0.3) is 0 Å². The van der Waals surface area contributed by atoms with Gasteiger partial charge in [0.1, 0.15) is 12.1 Å². The lowest BCUT2D eigenvalue weighted by molar-refractivity contribution is -0.122. The van der Waals surface area contributed by atoms with Crippen LogP contribution in [0.1, 0.15) is 6.92 Å². The number of carbonyl (C=O) groups is 1. The van der Waals surface area contributed by atoms with Gasteiger partial charge in [-0.25, -0.2) is 5.10 Å². The third kappa shape index (κ3) is 2.98. The molecular weight excluding hydrogens is 256 g/mol. The molecule has 6 nitrogen and oxygen atoms in total. The molecule has 1 unspecified atom stereocenters. The number of rotatable bonds is 4. The van der Waals surface area contributed by atoms with Crippen molar-refractivity contribution >= 4 is 23.5 Å². The van der Waals surface area contributed by atoms with E-state index in [9.17, 15) is 4.79 Å². The van der Waals surface area contributed by atoms with E-state index in [0.29, 0.717) is 10.8 Å². The first-order valence-electron chi connectivity index (χ1n) is 5.24. The zero-order valence-electron chi connectivity index (χ0n) is 9.55. The summed E-state index contributed by atoms with van der Waals surface area (Å²) in [6.07, 6.45) is 0.602. The first kappa shape index (κ1) is 12.4. The quantitative estimate of drug-likeness (QED) is 0.885. The third-order valence-corrected chi connectivity index (χ3v) is 2.48. The van der Waals surface area contributed by atoms with E-state index in [-0.39, 0.29) is 11.9 Å². The highest BCUT2D eigenvalue weighted by Crippen LogP contribution is 2.24. The maximum Gasteiger partial charge on any atom is 0.267 e. The molecule has 0 saturated carbocycles. The minimum Gasteiger partial charge on any atom is -0.479 e. The van der Waals surface area contributed by atoms with Crippen LogP contribution in [-0.4, -0.2) is 27.2 Å². The van der Waals surface area contributed by atoms with E-state index in [2.05, 4.69) is 20.5 Å². The second-order valence-corrected chi connectivity index (χ2v) is 3.92. The molecule has 1 aromatic heterocycles. The molecule has 0 aliphatic rings. The summed E-state index contributed by atoms with van der Waals surface area (Å²) in [6, 6.07) is 6.95. The Kier molecular flexibility index (Phi) is 3.78. The van der Waals surface area contributed by atoms with Gasteiger partial charge in [-0.15, -0.1) is 0 Å². The summed E-state index contributed by atoms with van der Waals surface area (Å²) in [4.78, 5) is 15.5. The largest absolute Gasteiger partial charge is 0.479 e. The van der Waals surface area contributed by atoms with Crippen molar-refractivity contribution in [3.63, 3.8) is 0 Å². The Balaban J connectivity index is 1.97.